The van der Waals surface area contributed by atoms with Crippen LogP contribution in [0.1, 0.15) is 25.3 Å². The van der Waals surface area contributed by atoms with Gasteiger partial charge in [-0.05, 0) is 12.3 Å². The molecule has 5 heteroatoms. The lowest BCUT2D eigenvalue weighted by molar-refractivity contribution is -0.385. The average molecular weight is 251 g/mol. The molecule has 0 N–H and O–H groups in total. The molecule has 0 fully saturated rings. The highest BCUT2D eigenvalue weighted by Gasteiger charge is 2.18. The summed E-state index contributed by atoms with van der Waals surface area (Å²) in [7, 11) is 1.35. The van der Waals surface area contributed by atoms with Crippen molar-refractivity contribution in [1.29, 1.82) is 0 Å². The molecule has 0 aliphatic heterocycles. The predicted molar refractivity (Wildman–Crippen MR) is 67.2 cm³/mol. The van der Waals surface area contributed by atoms with Crippen LogP contribution in [0, 0.1) is 16.0 Å². The summed E-state index contributed by atoms with van der Waals surface area (Å²) in [5.74, 6) is -0.209. The normalized spacial score (nSPS) is 11.9. The van der Waals surface area contributed by atoms with Gasteiger partial charge in [-0.3, -0.25) is 14.9 Å². The topological polar surface area (TPSA) is 69.4 Å². The van der Waals surface area contributed by atoms with Gasteiger partial charge in [0.1, 0.15) is 0 Å². The molecule has 0 saturated heterocycles. The first-order chi connectivity index (χ1) is 8.58. The van der Waals surface area contributed by atoms with Gasteiger partial charge in [0.05, 0.1) is 12.0 Å². The number of esters is 1. The highest BCUT2D eigenvalue weighted by Crippen LogP contribution is 2.24. The molecule has 0 saturated carbocycles. The summed E-state index contributed by atoms with van der Waals surface area (Å²) in [6.45, 7) is 1.96. The summed E-state index contributed by atoms with van der Waals surface area (Å²) in [5, 5.41) is 10.9. The first-order valence-corrected chi connectivity index (χ1v) is 5.87. The van der Waals surface area contributed by atoms with Gasteiger partial charge in [-0.2, -0.15) is 0 Å². The number of para-hydroxylation sites is 1. The number of ether oxygens (including phenoxy) is 1. The van der Waals surface area contributed by atoms with Gasteiger partial charge in [0, 0.05) is 18.1 Å². The van der Waals surface area contributed by atoms with E-state index in [1.807, 2.05) is 6.92 Å². The Bertz CT molecular complexity index is 431. The minimum absolute atomic E-state index is 0.0681. The van der Waals surface area contributed by atoms with Crippen molar-refractivity contribution < 1.29 is 14.5 Å². The minimum Gasteiger partial charge on any atom is -0.469 e. The molecule has 0 aromatic heterocycles. The van der Waals surface area contributed by atoms with Gasteiger partial charge in [-0.25, -0.2) is 0 Å². The molecule has 0 spiro atoms. The quantitative estimate of drug-likeness (QED) is 0.443. The van der Waals surface area contributed by atoms with Crippen molar-refractivity contribution in [3.8, 4) is 0 Å². The molecular weight excluding hydrogens is 234 g/mol. The third-order valence-corrected chi connectivity index (χ3v) is 2.96. The number of hydrogen-bond donors (Lipinski definition) is 0. The van der Waals surface area contributed by atoms with E-state index in [0.717, 1.165) is 6.42 Å². The van der Waals surface area contributed by atoms with E-state index >= 15 is 0 Å². The Morgan fingerprint density at radius 2 is 2.11 bits per heavy atom. The van der Waals surface area contributed by atoms with Crippen LogP contribution in [0.5, 0.6) is 0 Å². The van der Waals surface area contributed by atoms with E-state index < -0.39 is 0 Å². The third kappa shape index (κ3) is 3.84. The third-order valence-electron chi connectivity index (χ3n) is 2.96. The van der Waals surface area contributed by atoms with Crippen LogP contribution in [0.2, 0.25) is 0 Å². The molecule has 0 aliphatic carbocycles. The number of nitro benzene ring substituents is 1. The van der Waals surface area contributed by atoms with E-state index in [9.17, 15) is 14.9 Å². The van der Waals surface area contributed by atoms with Gasteiger partial charge in [-0.15, -0.1) is 0 Å². The average Bonchev–Trinajstić information content (AvgIpc) is 2.38. The lowest BCUT2D eigenvalue weighted by Crippen LogP contribution is -2.12. The SMILES string of the molecule is CCC(CC(=O)OC)Cc1ccccc1[N+](=O)[O-]. The summed E-state index contributed by atoms with van der Waals surface area (Å²) in [6, 6.07) is 6.63. The zero-order chi connectivity index (χ0) is 13.5. The van der Waals surface area contributed by atoms with Gasteiger partial charge in [0.2, 0.25) is 0 Å². The first-order valence-electron chi connectivity index (χ1n) is 5.87. The number of rotatable bonds is 6. The van der Waals surface area contributed by atoms with Crippen molar-refractivity contribution in [1.82, 2.24) is 0 Å². The molecule has 1 unspecified atom stereocenters. The van der Waals surface area contributed by atoms with Crippen molar-refractivity contribution in [2.24, 2.45) is 5.92 Å². The van der Waals surface area contributed by atoms with E-state index in [4.69, 9.17) is 0 Å². The van der Waals surface area contributed by atoms with Crippen LogP contribution < -0.4 is 0 Å². The zero-order valence-electron chi connectivity index (χ0n) is 10.6. The van der Waals surface area contributed by atoms with E-state index in [2.05, 4.69) is 4.74 Å². The lowest BCUT2D eigenvalue weighted by atomic mass is 9.93. The molecule has 1 aromatic rings. The number of carbonyl (C=O) groups is 1. The van der Waals surface area contributed by atoms with Crippen LogP contribution in [0.3, 0.4) is 0 Å². The highest BCUT2D eigenvalue weighted by atomic mass is 16.6. The van der Waals surface area contributed by atoms with E-state index in [-0.39, 0.29) is 22.5 Å². The maximum atomic E-state index is 11.2. The maximum absolute atomic E-state index is 11.2. The Hall–Kier alpha value is -1.91. The van der Waals surface area contributed by atoms with Gasteiger partial charge >= 0.3 is 5.97 Å². The Balaban J connectivity index is 2.81. The Morgan fingerprint density at radius 3 is 2.67 bits per heavy atom. The molecule has 0 bridgehead atoms. The molecule has 0 radical (unpaired) electrons. The summed E-state index contributed by atoms with van der Waals surface area (Å²) in [6.07, 6.45) is 1.59. The molecule has 0 amide bonds. The smallest absolute Gasteiger partial charge is 0.305 e. The van der Waals surface area contributed by atoms with Crippen LogP contribution in [-0.2, 0) is 16.0 Å². The van der Waals surface area contributed by atoms with E-state index in [1.54, 1.807) is 18.2 Å². The summed E-state index contributed by atoms with van der Waals surface area (Å²) in [4.78, 5) is 21.7. The van der Waals surface area contributed by atoms with Crippen molar-refractivity contribution in [2.75, 3.05) is 7.11 Å². The zero-order valence-corrected chi connectivity index (χ0v) is 10.6. The molecule has 18 heavy (non-hydrogen) atoms. The standard InChI is InChI=1S/C13H17NO4/c1-3-10(9-13(15)18-2)8-11-6-4-5-7-12(11)14(16)17/h4-7,10H,3,8-9H2,1-2H3. The molecule has 0 aliphatic rings. The first kappa shape index (κ1) is 14.2. The summed E-state index contributed by atoms with van der Waals surface area (Å²) >= 11 is 0. The monoisotopic (exact) mass is 251 g/mol. The number of benzene rings is 1. The number of methoxy groups -OCH3 is 1. The molecule has 98 valence electrons. The van der Waals surface area contributed by atoms with Gasteiger partial charge in [0.15, 0.2) is 0 Å². The summed E-state index contributed by atoms with van der Waals surface area (Å²) in [5.41, 5.74) is 0.777. The molecule has 5 nitrogen and oxygen atoms in total. The van der Waals surface area contributed by atoms with Crippen molar-refractivity contribution in [3.63, 3.8) is 0 Å². The second-order valence-electron chi connectivity index (χ2n) is 4.14. The Morgan fingerprint density at radius 1 is 1.44 bits per heavy atom. The lowest BCUT2D eigenvalue weighted by Gasteiger charge is -2.13. The van der Waals surface area contributed by atoms with Crippen molar-refractivity contribution in [2.45, 2.75) is 26.2 Å². The second kappa shape index (κ2) is 6.74. The fourth-order valence-electron chi connectivity index (χ4n) is 1.85. The number of hydrogen-bond acceptors (Lipinski definition) is 4. The van der Waals surface area contributed by atoms with Crippen LogP contribution >= 0.6 is 0 Å². The van der Waals surface area contributed by atoms with E-state index in [0.29, 0.717) is 18.4 Å². The predicted octanol–water partition coefficient (Wildman–Crippen LogP) is 2.73. The fraction of sp³-hybridized carbons (Fsp3) is 0.462. The molecule has 1 aromatic carbocycles. The number of nitro groups is 1. The highest BCUT2D eigenvalue weighted by molar-refractivity contribution is 5.69. The van der Waals surface area contributed by atoms with Gasteiger partial charge in [-0.1, -0.05) is 31.5 Å². The number of nitrogens with zero attached hydrogens (tertiary/aromatic N) is 1. The van der Waals surface area contributed by atoms with Gasteiger partial charge in [0.25, 0.3) is 5.69 Å². The summed E-state index contributed by atoms with van der Waals surface area (Å²) < 4.78 is 4.63. The number of carbonyl (C=O) groups excluding carboxylic acids is 1. The molecule has 1 rings (SSSR count). The molecule has 1 atom stereocenters. The molecular formula is C13H17NO4. The molecule has 0 heterocycles. The van der Waals surface area contributed by atoms with Crippen LogP contribution in [0.15, 0.2) is 24.3 Å². The van der Waals surface area contributed by atoms with Crippen molar-refractivity contribution >= 4 is 11.7 Å². The maximum Gasteiger partial charge on any atom is 0.305 e. The Labute approximate surface area is 106 Å². The van der Waals surface area contributed by atoms with E-state index in [1.165, 1.54) is 13.2 Å². The van der Waals surface area contributed by atoms with Gasteiger partial charge < -0.3 is 4.74 Å². The fourth-order valence-corrected chi connectivity index (χ4v) is 1.85. The Kier molecular flexibility index (Phi) is 5.30. The minimum atomic E-state index is -0.389. The van der Waals surface area contributed by atoms with Crippen LogP contribution in [-0.4, -0.2) is 18.0 Å². The second-order valence-corrected chi connectivity index (χ2v) is 4.14. The van der Waals surface area contributed by atoms with Crippen LogP contribution in [0.4, 0.5) is 5.69 Å². The largest absolute Gasteiger partial charge is 0.469 e. The van der Waals surface area contributed by atoms with Crippen LogP contribution in [0.25, 0.3) is 0 Å². The van der Waals surface area contributed by atoms with Crippen molar-refractivity contribution in [3.05, 3.63) is 39.9 Å².